The molecule has 0 saturated heterocycles. The lowest BCUT2D eigenvalue weighted by Gasteiger charge is -2.32. The Hall–Kier alpha value is -3.92. The first-order valence-corrected chi connectivity index (χ1v) is 14.1. The fourth-order valence-electron chi connectivity index (χ4n) is 3.83. The van der Waals surface area contributed by atoms with Crippen molar-refractivity contribution in [2.75, 3.05) is 18.0 Å². The Balaban J connectivity index is 2.00. The zero-order valence-corrected chi connectivity index (χ0v) is 23.3. The monoisotopic (exact) mass is 555 g/mol. The summed E-state index contributed by atoms with van der Waals surface area (Å²) in [6.45, 7) is 4.86. The maximum Gasteiger partial charge on any atom is 0.264 e. The van der Waals surface area contributed by atoms with Gasteiger partial charge in [-0.3, -0.25) is 13.9 Å². The number of hydrogen-bond donors (Lipinski definition) is 1. The molecule has 39 heavy (non-hydrogen) atoms. The molecule has 3 aromatic rings. The van der Waals surface area contributed by atoms with Crippen LogP contribution >= 0.6 is 0 Å². The number of hydrogen-bond acceptors (Lipinski definition) is 5. The van der Waals surface area contributed by atoms with Gasteiger partial charge in [0.05, 0.1) is 17.7 Å². The minimum atomic E-state index is -4.20. The Morgan fingerprint density at radius 3 is 2.13 bits per heavy atom. The molecule has 10 heteroatoms. The fourth-order valence-corrected chi connectivity index (χ4v) is 5.27. The van der Waals surface area contributed by atoms with Crippen molar-refractivity contribution in [1.82, 2.24) is 10.2 Å². The van der Waals surface area contributed by atoms with Crippen molar-refractivity contribution in [1.29, 1.82) is 0 Å². The summed E-state index contributed by atoms with van der Waals surface area (Å²) in [4.78, 5) is 28.2. The molecule has 2 atom stereocenters. The van der Waals surface area contributed by atoms with Gasteiger partial charge in [0.2, 0.25) is 11.8 Å². The smallest absolute Gasteiger partial charge is 0.264 e. The van der Waals surface area contributed by atoms with Gasteiger partial charge in [0.25, 0.3) is 10.0 Å². The second kappa shape index (κ2) is 13.2. The second-order valence-electron chi connectivity index (χ2n) is 9.16. The van der Waals surface area contributed by atoms with Gasteiger partial charge in [-0.15, -0.1) is 0 Å². The van der Waals surface area contributed by atoms with E-state index in [-0.39, 0.29) is 29.1 Å². The van der Waals surface area contributed by atoms with E-state index in [2.05, 4.69) is 5.32 Å². The Labute approximate surface area is 229 Å². The number of amides is 2. The third kappa shape index (κ3) is 7.57. The van der Waals surface area contributed by atoms with E-state index in [0.29, 0.717) is 12.2 Å². The summed E-state index contributed by atoms with van der Waals surface area (Å²) < 4.78 is 47.2. The molecule has 0 aliphatic rings. The quantitative estimate of drug-likeness (QED) is 0.358. The van der Waals surface area contributed by atoms with E-state index in [9.17, 15) is 22.4 Å². The molecular formula is C29H34FN3O5S. The van der Waals surface area contributed by atoms with Gasteiger partial charge in [0, 0.05) is 12.6 Å². The number of nitrogens with zero attached hydrogens (tertiary/aromatic N) is 2. The van der Waals surface area contributed by atoms with Crippen molar-refractivity contribution in [2.45, 2.75) is 50.7 Å². The van der Waals surface area contributed by atoms with E-state index >= 15 is 0 Å². The van der Waals surface area contributed by atoms with Crippen LogP contribution in [0.15, 0.2) is 83.8 Å². The molecule has 0 aliphatic heterocycles. The Morgan fingerprint density at radius 1 is 0.949 bits per heavy atom. The van der Waals surface area contributed by atoms with Gasteiger partial charge >= 0.3 is 0 Å². The minimum absolute atomic E-state index is 0.0219. The van der Waals surface area contributed by atoms with Crippen LogP contribution in [-0.2, 0) is 26.2 Å². The van der Waals surface area contributed by atoms with Crippen molar-refractivity contribution < 1.29 is 27.1 Å². The fraction of sp³-hybridized carbons (Fsp3) is 0.310. The molecule has 0 aromatic heterocycles. The number of benzene rings is 3. The zero-order chi connectivity index (χ0) is 28.6. The maximum absolute atomic E-state index is 13.8. The van der Waals surface area contributed by atoms with Crippen LogP contribution in [0.25, 0.3) is 0 Å². The van der Waals surface area contributed by atoms with E-state index < -0.39 is 34.3 Å². The van der Waals surface area contributed by atoms with Crippen LogP contribution in [0.3, 0.4) is 0 Å². The minimum Gasteiger partial charge on any atom is -0.497 e. The van der Waals surface area contributed by atoms with Crippen LogP contribution < -0.4 is 14.4 Å². The standard InChI is InChI=1S/C29H34FN3O5S/c1-5-21(2)31-29(35)22(3)32(19-23-11-17-26(38-4)18-12-23)28(34)20-33(25-15-13-24(30)14-16-25)39(36,37)27-9-7-6-8-10-27/h6-18,21-22H,5,19-20H2,1-4H3,(H,31,35)/t21-,22+/m1/s1. The number of carbonyl (C=O) groups is 2. The maximum atomic E-state index is 13.8. The summed E-state index contributed by atoms with van der Waals surface area (Å²) in [6, 6.07) is 18.6. The van der Waals surface area contributed by atoms with Gasteiger partial charge in [0.15, 0.2) is 0 Å². The highest BCUT2D eigenvalue weighted by molar-refractivity contribution is 7.92. The molecule has 8 nitrogen and oxygen atoms in total. The van der Waals surface area contributed by atoms with Crippen LogP contribution in [0.2, 0.25) is 0 Å². The molecule has 0 radical (unpaired) electrons. The van der Waals surface area contributed by atoms with Crippen molar-refractivity contribution in [3.63, 3.8) is 0 Å². The number of halogens is 1. The number of ether oxygens (including phenoxy) is 1. The average Bonchev–Trinajstić information content (AvgIpc) is 2.95. The normalized spacial score (nSPS) is 12.7. The molecule has 0 heterocycles. The Bertz CT molecular complexity index is 1350. The highest BCUT2D eigenvalue weighted by Gasteiger charge is 2.32. The molecule has 0 fully saturated rings. The average molecular weight is 556 g/mol. The highest BCUT2D eigenvalue weighted by Crippen LogP contribution is 2.25. The lowest BCUT2D eigenvalue weighted by Crippen LogP contribution is -2.52. The molecule has 208 valence electrons. The summed E-state index contributed by atoms with van der Waals surface area (Å²) in [5, 5.41) is 2.89. The van der Waals surface area contributed by atoms with Crippen LogP contribution in [0.1, 0.15) is 32.8 Å². The summed E-state index contributed by atoms with van der Waals surface area (Å²) >= 11 is 0. The summed E-state index contributed by atoms with van der Waals surface area (Å²) in [5.41, 5.74) is 0.848. The largest absolute Gasteiger partial charge is 0.497 e. The van der Waals surface area contributed by atoms with Crippen LogP contribution in [-0.4, -0.2) is 50.9 Å². The summed E-state index contributed by atoms with van der Waals surface area (Å²) in [7, 11) is -2.66. The molecule has 2 amide bonds. The van der Waals surface area contributed by atoms with Crippen LogP contribution in [0.4, 0.5) is 10.1 Å². The number of sulfonamides is 1. The number of anilines is 1. The van der Waals surface area contributed by atoms with E-state index in [1.807, 2.05) is 13.8 Å². The molecule has 0 unspecified atom stereocenters. The third-order valence-electron chi connectivity index (χ3n) is 6.40. The topological polar surface area (TPSA) is 96.0 Å². The van der Waals surface area contributed by atoms with Crippen molar-refractivity contribution >= 4 is 27.5 Å². The van der Waals surface area contributed by atoms with Gasteiger partial charge in [-0.2, -0.15) is 0 Å². The molecular weight excluding hydrogens is 521 g/mol. The van der Waals surface area contributed by atoms with Crippen molar-refractivity contribution in [3.05, 3.63) is 90.2 Å². The molecule has 0 bridgehead atoms. The third-order valence-corrected chi connectivity index (χ3v) is 8.19. The first-order valence-electron chi connectivity index (χ1n) is 12.6. The predicted octanol–water partition coefficient (Wildman–Crippen LogP) is 4.36. The number of rotatable bonds is 12. The number of nitrogens with one attached hydrogen (secondary N) is 1. The van der Waals surface area contributed by atoms with Crippen LogP contribution in [0.5, 0.6) is 5.75 Å². The number of methoxy groups -OCH3 is 1. The Kier molecular flexibility index (Phi) is 10.1. The second-order valence-corrected chi connectivity index (χ2v) is 11.0. The lowest BCUT2D eigenvalue weighted by atomic mass is 10.1. The van der Waals surface area contributed by atoms with Gasteiger partial charge in [-0.1, -0.05) is 37.3 Å². The molecule has 0 saturated carbocycles. The van der Waals surface area contributed by atoms with E-state index in [4.69, 9.17) is 4.74 Å². The van der Waals surface area contributed by atoms with Crippen LogP contribution in [0, 0.1) is 5.82 Å². The highest BCUT2D eigenvalue weighted by atomic mass is 32.2. The molecule has 1 N–H and O–H groups in total. The lowest BCUT2D eigenvalue weighted by molar-refractivity contribution is -0.139. The first kappa shape index (κ1) is 29.6. The predicted molar refractivity (Wildman–Crippen MR) is 148 cm³/mol. The summed E-state index contributed by atoms with van der Waals surface area (Å²) in [5.74, 6) is -0.860. The summed E-state index contributed by atoms with van der Waals surface area (Å²) in [6.07, 6.45) is 0.707. The molecule has 0 spiro atoms. The van der Waals surface area contributed by atoms with E-state index in [1.165, 1.54) is 29.2 Å². The van der Waals surface area contributed by atoms with Gasteiger partial charge in [0.1, 0.15) is 24.2 Å². The molecule has 0 aliphatic carbocycles. The number of carbonyl (C=O) groups excluding carboxylic acids is 2. The SMILES string of the molecule is CC[C@@H](C)NC(=O)[C@H](C)N(Cc1ccc(OC)cc1)C(=O)CN(c1ccc(F)cc1)S(=O)(=O)c1ccccc1. The van der Waals surface area contributed by atoms with Gasteiger partial charge in [-0.05, 0) is 74.4 Å². The Morgan fingerprint density at radius 2 is 1.56 bits per heavy atom. The molecule has 3 aromatic carbocycles. The molecule has 3 rings (SSSR count). The zero-order valence-electron chi connectivity index (χ0n) is 22.5. The first-order chi connectivity index (χ1) is 18.6. The van der Waals surface area contributed by atoms with E-state index in [1.54, 1.807) is 56.5 Å². The van der Waals surface area contributed by atoms with Crippen molar-refractivity contribution in [2.24, 2.45) is 0 Å². The van der Waals surface area contributed by atoms with E-state index in [0.717, 1.165) is 22.0 Å². The van der Waals surface area contributed by atoms with Gasteiger partial charge < -0.3 is 15.0 Å². The van der Waals surface area contributed by atoms with Crippen molar-refractivity contribution in [3.8, 4) is 5.75 Å². The van der Waals surface area contributed by atoms with Gasteiger partial charge in [-0.25, -0.2) is 12.8 Å².